The van der Waals surface area contributed by atoms with E-state index in [2.05, 4.69) is 5.32 Å². The van der Waals surface area contributed by atoms with Crippen molar-refractivity contribution in [1.29, 1.82) is 0 Å². The Morgan fingerprint density at radius 1 is 1.06 bits per heavy atom. The van der Waals surface area contributed by atoms with Crippen LogP contribution in [0.4, 0.5) is 20.2 Å². The fraction of sp³-hybridized carbons (Fsp3) is 0. The molecule has 1 amide bonds. The van der Waals surface area contributed by atoms with Crippen molar-refractivity contribution in [2.45, 2.75) is 0 Å². The minimum Gasteiger partial charge on any atom is -0.399 e. The van der Waals surface area contributed by atoms with E-state index in [-0.39, 0.29) is 5.69 Å². The van der Waals surface area contributed by atoms with Crippen molar-refractivity contribution >= 4 is 17.3 Å². The lowest BCUT2D eigenvalue weighted by molar-refractivity contribution is 0.102. The number of rotatable bonds is 2. The minimum absolute atomic E-state index is 0.0555. The second kappa shape index (κ2) is 4.83. The van der Waals surface area contributed by atoms with Gasteiger partial charge in [-0.2, -0.15) is 0 Å². The summed E-state index contributed by atoms with van der Waals surface area (Å²) in [6, 6.07) is 9.10. The van der Waals surface area contributed by atoms with Crippen LogP contribution in [0.3, 0.4) is 0 Å². The summed E-state index contributed by atoms with van der Waals surface area (Å²) in [6.07, 6.45) is 0. The van der Waals surface area contributed by atoms with Gasteiger partial charge in [0.25, 0.3) is 5.91 Å². The van der Waals surface area contributed by atoms with E-state index in [1.807, 2.05) is 0 Å². The highest BCUT2D eigenvalue weighted by Crippen LogP contribution is 2.15. The summed E-state index contributed by atoms with van der Waals surface area (Å²) >= 11 is 0. The highest BCUT2D eigenvalue weighted by atomic mass is 19.1. The zero-order chi connectivity index (χ0) is 13.1. The van der Waals surface area contributed by atoms with Crippen LogP contribution in [-0.2, 0) is 0 Å². The lowest BCUT2D eigenvalue weighted by atomic mass is 10.2. The van der Waals surface area contributed by atoms with Gasteiger partial charge in [0.05, 0.1) is 0 Å². The quantitative estimate of drug-likeness (QED) is 0.803. The molecule has 0 radical (unpaired) electrons. The number of benzene rings is 2. The van der Waals surface area contributed by atoms with Gasteiger partial charge in [-0.3, -0.25) is 4.79 Å². The SMILES string of the molecule is Nc1cccc(C(=O)Nc2cc(F)cc(F)c2)c1. The van der Waals surface area contributed by atoms with Crippen LogP contribution < -0.4 is 11.1 Å². The van der Waals surface area contributed by atoms with E-state index in [0.717, 1.165) is 18.2 Å². The van der Waals surface area contributed by atoms with Crippen LogP contribution in [0.1, 0.15) is 10.4 Å². The molecule has 3 N–H and O–H groups in total. The Hall–Kier alpha value is -2.43. The number of nitrogens with one attached hydrogen (secondary N) is 1. The normalized spacial score (nSPS) is 10.1. The summed E-state index contributed by atoms with van der Waals surface area (Å²) in [4.78, 5) is 11.8. The maximum atomic E-state index is 12.9. The Balaban J connectivity index is 2.21. The number of nitrogens with two attached hydrogens (primary N) is 1. The molecular weight excluding hydrogens is 238 g/mol. The second-order valence-electron chi connectivity index (χ2n) is 3.74. The van der Waals surface area contributed by atoms with Gasteiger partial charge in [-0.1, -0.05) is 6.07 Å². The third-order valence-corrected chi connectivity index (χ3v) is 2.27. The molecule has 2 aromatic rings. The lowest BCUT2D eigenvalue weighted by Crippen LogP contribution is -2.12. The number of anilines is 2. The van der Waals surface area contributed by atoms with Crippen LogP contribution in [0.2, 0.25) is 0 Å². The standard InChI is InChI=1S/C13H10F2N2O/c14-9-5-10(15)7-12(6-9)17-13(18)8-2-1-3-11(16)4-8/h1-7H,16H2,(H,17,18). The number of halogens is 2. The second-order valence-corrected chi connectivity index (χ2v) is 3.74. The summed E-state index contributed by atoms with van der Waals surface area (Å²) in [6.45, 7) is 0. The molecule has 0 spiro atoms. The number of carbonyl (C=O) groups excluding carboxylic acids is 1. The monoisotopic (exact) mass is 248 g/mol. The Bertz CT molecular complexity index is 579. The van der Waals surface area contributed by atoms with Crippen molar-refractivity contribution in [3.8, 4) is 0 Å². The first-order valence-corrected chi connectivity index (χ1v) is 5.17. The predicted molar refractivity (Wildman–Crippen MR) is 65.2 cm³/mol. The Kier molecular flexibility index (Phi) is 3.23. The molecule has 2 aromatic carbocycles. The number of amides is 1. The first-order chi connectivity index (χ1) is 8.54. The highest BCUT2D eigenvalue weighted by Gasteiger charge is 2.08. The molecule has 0 aliphatic heterocycles. The van der Waals surface area contributed by atoms with Gasteiger partial charge >= 0.3 is 0 Å². The average Bonchev–Trinajstić information content (AvgIpc) is 2.27. The van der Waals surface area contributed by atoms with Crippen LogP contribution in [-0.4, -0.2) is 5.91 Å². The van der Waals surface area contributed by atoms with Crippen LogP contribution >= 0.6 is 0 Å². The molecule has 0 fully saturated rings. The summed E-state index contributed by atoms with van der Waals surface area (Å²) in [7, 11) is 0. The van der Waals surface area contributed by atoms with Crippen LogP contribution in [0.25, 0.3) is 0 Å². The van der Waals surface area contributed by atoms with Crippen molar-refractivity contribution in [3.05, 3.63) is 59.7 Å². The summed E-state index contributed by atoms with van der Waals surface area (Å²) in [5.41, 5.74) is 6.35. The van der Waals surface area contributed by atoms with E-state index < -0.39 is 17.5 Å². The molecule has 0 saturated heterocycles. The Morgan fingerprint density at radius 3 is 2.33 bits per heavy atom. The first kappa shape index (κ1) is 12.0. The maximum absolute atomic E-state index is 12.9. The molecule has 0 atom stereocenters. The van der Waals surface area contributed by atoms with Crippen molar-refractivity contribution in [3.63, 3.8) is 0 Å². The van der Waals surface area contributed by atoms with Crippen molar-refractivity contribution < 1.29 is 13.6 Å². The topological polar surface area (TPSA) is 55.1 Å². The third kappa shape index (κ3) is 2.82. The van der Waals surface area contributed by atoms with E-state index in [4.69, 9.17) is 5.73 Å². The van der Waals surface area contributed by atoms with Crippen molar-refractivity contribution in [2.24, 2.45) is 0 Å². The molecule has 3 nitrogen and oxygen atoms in total. The van der Waals surface area contributed by atoms with Crippen LogP contribution in [0, 0.1) is 11.6 Å². The van der Waals surface area contributed by atoms with E-state index in [1.54, 1.807) is 18.2 Å². The van der Waals surface area contributed by atoms with Crippen LogP contribution in [0.5, 0.6) is 0 Å². The lowest BCUT2D eigenvalue weighted by Gasteiger charge is -2.06. The van der Waals surface area contributed by atoms with Gasteiger partial charge in [-0.05, 0) is 30.3 Å². The zero-order valence-corrected chi connectivity index (χ0v) is 9.28. The van der Waals surface area contributed by atoms with Gasteiger partial charge in [-0.15, -0.1) is 0 Å². The third-order valence-electron chi connectivity index (χ3n) is 2.27. The fourth-order valence-electron chi connectivity index (χ4n) is 1.51. The summed E-state index contributed by atoms with van der Waals surface area (Å²) < 4.78 is 25.9. The summed E-state index contributed by atoms with van der Waals surface area (Å²) in [5, 5.41) is 2.39. The molecule has 92 valence electrons. The number of nitrogen functional groups attached to an aromatic ring is 1. The van der Waals surface area contributed by atoms with Crippen molar-refractivity contribution in [1.82, 2.24) is 0 Å². The number of hydrogen-bond donors (Lipinski definition) is 2. The first-order valence-electron chi connectivity index (χ1n) is 5.17. The highest BCUT2D eigenvalue weighted by molar-refractivity contribution is 6.04. The predicted octanol–water partition coefficient (Wildman–Crippen LogP) is 2.80. The molecule has 0 aromatic heterocycles. The van der Waals surface area contributed by atoms with Gasteiger partial charge in [0.2, 0.25) is 0 Å². The van der Waals surface area contributed by atoms with Gasteiger partial charge in [0.15, 0.2) is 0 Å². The Morgan fingerprint density at radius 2 is 1.72 bits per heavy atom. The summed E-state index contributed by atoms with van der Waals surface area (Å²) in [5.74, 6) is -1.98. The molecule has 18 heavy (non-hydrogen) atoms. The fourth-order valence-corrected chi connectivity index (χ4v) is 1.51. The molecule has 0 aliphatic carbocycles. The molecule has 5 heteroatoms. The number of hydrogen-bond acceptors (Lipinski definition) is 2. The largest absolute Gasteiger partial charge is 0.399 e. The zero-order valence-electron chi connectivity index (χ0n) is 9.28. The van der Waals surface area contributed by atoms with Crippen molar-refractivity contribution in [2.75, 3.05) is 11.1 Å². The Labute approximate surface area is 102 Å². The van der Waals surface area contributed by atoms with Gasteiger partial charge in [-0.25, -0.2) is 8.78 Å². The molecule has 2 rings (SSSR count). The minimum atomic E-state index is -0.752. The molecule has 0 heterocycles. The average molecular weight is 248 g/mol. The van der Waals surface area contributed by atoms with E-state index in [0.29, 0.717) is 11.3 Å². The molecule has 0 aliphatic rings. The molecule has 0 unspecified atom stereocenters. The van der Waals surface area contributed by atoms with Gasteiger partial charge in [0.1, 0.15) is 11.6 Å². The molecule has 0 saturated carbocycles. The van der Waals surface area contributed by atoms with Gasteiger partial charge < -0.3 is 11.1 Å². The van der Waals surface area contributed by atoms with Gasteiger partial charge in [0, 0.05) is 23.0 Å². The van der Waals surface area contributed by atoms with E-state index in [1.165, 1.54) is 6.07 Å². The van der Waals surface area contributed by atoms with E-state index >= 15 is 0 Å². The van der Waals surface area contributed by atoms with Crippen LogP contribution in [0.15, 0.2) is 42.5 Å². The maximum Gasteiger partial charge on any atom is 0.255 e. The molecule has 0 bridgehead atoms. The number of carbonyl (C=O) groups is 1. The smallest absolute Gasteiger partial charge is 0.255 e. The van der Waals surface area contributed by atoms with E-state index in [9.17, 15) is 13.6 Å². The molecular formula is C13H10F2N2O.